The molecule has 0 amide bonds. The van der Waals surface area contributed by atoms with Gasteiger partial charge < -0.3 is 4.74 Å². The van der Waals surface area contributed by atoms with E-state index in [4.69, 9.17) is 4.74 Å². The summed E-state index contributed by atoms with van der Waals surface area (Å²) in [6.07, 6.45) is 2.58. The number of hydrogen-bond acceptors (Lipinski definition) is 4. The molecule has 1 fully saturated rings. The van der Waals surface area contributed by atoms with Crippen LogP contribution in [-0.2, 0) is 13.7 Å². The van der Waals surface area contributed by atoms with Gasteiger partial charge in [0.1, 0.15) is 12.4 Å². The molecule has 0 atom stereocenters. The summed E-state index contributed by atoms with van der Waals surface area (Å²) in [6.45, 7) is 6.62. The molecule has 27 heavy (non-hydrogen) atoms. The molecule has 0 saturated heterocycles. The van der Waals surface area contributed by atoms with E-state index in [1.165, 1.54) is 33.3 Å². The minimum Gasteiger partial charge on any atom is -0.489 e. The SMILES string of the molecule is Cc1cc(C2CC2)c(C)cc1OCc1c(C)cccc1-n1nnn(C)c1=O. The topological polar surface area (TPSA) is 61.9 Å². The van der Waals surface area contributed by atoms with Gasteiger partial charge in [-0.15, -0.1) is 0 Å². The van der Waals surface area contributed by atoms with Crippen molar-refractivity contribution < 1.29 is 4.74 Å². The van der Waals surface area contributed by atoms with Crippen molar-refractivity contribution in [2.75, 3.05) is 0 Å². The second kappa shape index (κ2) is 6.68. The van der Waals surface area contributed by atoms with Crippen molar-refractivity contribution in [2.45, 2.75) is 46.1 Å². The molecule has 3 aromatic rings. The first-order valence-corrected chi connectivity index (χ1v) is 9.27. The van der Waals surface area contributed by atoms with Gasteiger partial charge in [0.2, 0.25) is 0 Å². The Morgan fingerprint density at radius 3 is 2.52 bits per heavy atom. The van der Waals surface area contributed by atoms with Crippen LogP contribution in [0, 0.1) is 20.8 Å². The molecular weight excluding hydrogens is 340 g/mol. The summed E-state index contributed by atoms with van der Waals surface area (Å²) in [5.74, 6) is 1.61. The average Bonchev–Trinajstić information content (AvgIpc) is 3.43. The van der Waals surface area contributed by atoms with Crippen LogP contribution in [0.3, 0.4) is 0 Å². The monoisotopic (exact) mass is 364 g/mol. The van der Waals surface area contributed by atoms with Crippen molar-refractivity contribution in [3.63, 3.8) is 0 Å². The molecule has 0 N–H and O–H groups in total. The van der Waals surface area contributed by atoms with Crippen molar-refractivity contribution in [2.24, 2.45) is 7.05 Å². The molecular formula is C21H24N4O2. The van der Waals surface area contributed by atoms with Crippen LogP contribution in [0.5, 0.6) is 5.75 Å². The molecule has 140 valence electrons. The Bertz CT molecular complexity index is 1060. The predicted molar refractivity (Wildman–Crippen MR) is 104 cm³/mol. The highest BCUT2D eigenvalue weighted by Gasteiger charge is 2.25. The first-order valence-electron chi connectivity index (χ1n) is 9.27. The lowest BCUT2D eigenvalue weighted by atomic mass is 10.0. The van der Waals surface area contributed by atoms with Gasteiger partial charge >= 0.3 is 5.69 Å². The third-order valence-corrected chi connectivity index (χ3v) is 5.29. The fraction of sp³-hybridized carbons (Fsp3) is 0.381. The maximum absolute atomic E-state index is 12.3. The van der Waals surface area contributed by atoms with Crippen LogP contribution >= 0.6 is 0 Å². The lowest BCUT2D eigenvalue weighted by Crippen LogP contribution is -2.23. The third-order valence-electron chi connectivity index (χ3n) is 5.29. The average molecular weight is 364 g/mol. The van der Waals surface area contributed by atoms with Gasteiger partial charge in [0.05, 0.1) is 5.69 Å². The number of nitrogens with zero attached hydrogens (tertiary/aromatic N) is 4. The Morgan fingerprint density at radius 1 is 1.07 bits per heavy atom. The minimum atomic E-state index is -0.275. The number of ether oxygens (including phenoxy) is 1. The van der Waals surface area contributed by atoms with Gasteiger partial charge in [-0.2, -0.15) is 9.36 Å². The molecule has 6 heteroatoms. The summed E-state index contributed by atoms with van der Waals surface area (Å²) >= 11 is 0. The van der Waals surface area contributed by atoms with Crippen LogP contribution in [0.2, 0.25) is 0 Å². The van der Waals surface area contributed by atoms with E-state index >= 15 is 0 Å². The number of tetrazole rings is 1. The van der Waals surface area contributed by atoms with Crippen molar-refractivity contribution in [1.82, 2.24) is 19.8 Å². The highest BCUT2D eigenvalue weighted by molar-refractivity contribution is 5.47. The second-order valence-corrected chi connectivity index (χ2v) is 7.41. The van der Waals surface area contributed by atoms with Crippen LogP contribution < -0.4 is 10.4 Å². The summed E-state index contributed by atoms with van der Waals surface area (Å²) < 4.78 is 8.72. The summed E-state index contributed by atoms with van der Waals surface area (Å²) in [6, 6.07) is 10.2. The van der Waals surface area contributed by atoms with Crippen LogP contribution in [0.15, 0.2) is 35.1 Å². The van der Waals surface area contributed by atoms with Crippen LogP contribution in [-0.4, -0.2) is 19.8 Å². The Labute approximate surface area is 158 Å². The van der Waals surface area contributed by atoms with Gasteiger partial charge in [0.15, 0.2) is 0 Å². The van der Waals surface area contributed by atoms with Crippen molar-refractivity contribution in [1.29, 1.82) is 0 Å². The smallest absolute Gasteiger partial charge is 0.368 e. The van der Waals surface area contributed by atoms with E-state index in [0.717, 1.165) is 28.4 Å². The fourth-order valence-electron chi connectivity index (χ4n) is 3.49. The normalized spacial score (nSPS) is 13.8. The van der Waals surface area contributed by atoms with Crippen LogP contribution in [0.1, 0.15) is 46.6 Å². The predicted octanol–water partition coefficient (Wildman–Crippen LogP) is 3.35. The maximum atomic E-state index is 12.3. The number of hydrogen-bond donors (Lipinski definition) is 0. The third kappa shape index (κ3) is 3.27. The lowest BCUT2D eigenvalue weighted by Gasteiger charge is -2.16. The molecule has 0 radical (unpaired) electrons. The van der Waals surface area contributed by atoms with Crippen molar-refractivity contribution in [3.8, 4) is 11.4 Å². The molecule has 1 aliphatic rings. The number of aromatic nitrogens is 4. The van der Waals surface area contributed by atoms with E-state index in [0.29, 0.717) is 12.3 Å². The van der Waals surface area contributed by atoms with Crippen LogP contribution in [0.4, 0.5) is 0 Å². The van der Waals surface area contributed by atoms with Gasteiger partial charge in [-0.1, -0.05) is 18.2 Å². The Balaban J connectivity index is 1.65. The zero-order valence-electron chi connectivity index (χ0n) is 16.2. The number of rotatable bonds is 5. The molecule has 1 aromatic heterocycles. The van der Waals surface area contributed by atoms with E-state index in [9.17, 15) is 4.79 Å². The molecule has 4 rings (SSSR count). The zero-order chi connectivity index (χ0) is 19.1. The Hall–Kier alpha value is -2.89. The van der Waals surface area contributed by atoms with Gasteiger partial charge in [0, 0.05) is 12.6 Å². The van der Waals surface area contributed by atoms with E-state index in [1.54, 1.807) is 7.05 Å². The fourth-order valence-corrected chi connectivity index (χ4v) is 3.49. The maximum Gasteiger partial charge on any atom is 0.368 e. The quantitative estimate of drug-likeness (QED) is 0.697. The second-order valence-electron chi connectivity index (χ2n) is 7.41. The molecule has 2 aromatic carbocycles. The molecule has 0 unspecified atom stereocenters. The highest BCUT2D eigenvalue weighted by atomic mass is 16.5. The first kappa shape index (κ1) is 17.5. The van der Waals surface area contributed by atoms with Crippen LogP contribution in [0.25, 0.3) is 5.69 Å². The van der Waals surface area contributed by atoms with Gasteiger partial charge in [-0.25, -0.2) is 4.79 Å². The van der Waals surface area contributed by atoms with E-state index in [2.05, 4.69) is 36.4 Å². The lowest BCUT2D eigenvalue weighted by molar-refractivity contribution is 0.302. The van der Waals surface area contributed by atoms with E-state index < -0.39 is 0 Å². The van der Waals surface area contributed by atoms with Crippen molar-refractivity contribution >= 4 is 0 Å². The standard InChI is InChI=1S/C21H24N4O2/c1-13-6-5-7-19(25-21(26)24(4)22-23-25)18(13)12-27-20-11-14(2)17(10-15(20)3)16-8-9-16/h5-7,10-11,16H,8-9,12H2,1-4H3. The van der Waals surface area contributed by atoms with E-state index in [1.807, 2.05) is 25.1 Å². The molecule has 1 aliphatic carbocycles. The van der Waals surface area contributed by atoms with Gasteiger partial charge in [-0.3, -0.25) is 0 Å². The highest BCUT2D eigenvalue weighted by Crippen LogP contribution is 2.43. The number of benzene rings is 2. The Kier molecular flexibility index (Phi) is 4.34. The van der Waals surface area contributed by atoms with Gasteiger partial charge in [-0.05, 0) is 84.3 Å². The first-order chi connectivity index (χ1) is 13.0. The van der Waals surface area contributed by atoms with Gasteiger partial charge in [0.25, 0.3) is 0 Å². The van der Waals surface area contributed by atoms with E-state index in [-0.39, 0.29) is 5.69 Å². The summed E-state index contributed by atoms with van der Waals surface area (Å²) in [5.41, 5.74) is 6.29. The Morgan fingerprint density at radius 2 is 1.85 bits per heavy atom. The summed E-state index contributed by atoms with van der Waals surface area (Å²) in [5, 5.41) is 7.79. The molecule has 0 bridgehead atoms. The summed E-state index contributed by atoms with van der Waals surface area (Å²) in [7, 11) is 1.59. The van der Waals surface area contributed by atoms with Crippen molar-refractivity contribution in [3.05, 3.63) is 68.6 Å². The number of aryl methyl sites for hydroxylation is 4. The minimum absolute atomic E-state index is 0.275. The summed E-state index contributed by atoms with van der Waals surface area (Å²) in [4.78, 5) is 12.3. The molecule has 0 spiro atoms. The largest absolute Gasteiger partial charge is 0.489 e. The molecule has 1 saturated carbocycles. The molecule has 1 heterocycles. The molecule has 6 nitrogen and oxygen atoms in total. The zero-order valence-corrected chi connectivity index (χ0v) is 16.2. The molecule has 0 aliphatic heterocycles.